The Hall–Kier alpha value is -1.94. The summed E-state index contributed by atoms with van der Waals surface area (Å²) in [6, 6.07) is 2.58. The van der Waals surface area contributed by atoms with E-state index in [0.29, 0.717) is 6.42 Å². The standard InChI is InChI=1S/C15H19NO7S2/c1-22-12-6-9(15(18)19)5-11(14(12)23-2)16-13(17)7-24-10-3-4-25(20,21)8-10/h5-6,10H,3-4,7-8H2,1-2H3,(H,16,17)(H,18,19). The van der Waals surface area contributed by atoms with Crippen molar-refractivity contribution in [3.8, 4) is 11.5 Å². The van der Waals surface area contributed by atoms with Crippen LogP contribution in [0.2, 0.25) is 0 Å². The molecule has 10 heteroatoms. The maximum Gasteiger partial charge on any atom is 0.335 e. The van der Waals surface area contributed by atoms with Crippen molar-refractivity contribution in [1.29, 1.82) is 0 Å². The van der Waals surface area contributed by atoms with E-state index in [1.165, 1.54) is 38.1 Å². The molecule has 1 amide bonds. The second-order valence-electron chi connectivity index (χ2n) is 5.45. The highest BCUT2D eigenvalue weighted by molar-refractivity contribution is 8.02. The first-order valence-electron chi connectivity index (χ1n) is 7.37. The number of carboxylic acid groups (broad SMARTS) is 1. The van der Waals surface area contributed by atoms with Crippen molar-refractivity contribution in [2.24, 2.45) is 0 Å². The van der Waals surface area contributed by atoms with Gasteiger partial charge in [0, 0.05) is 5.25 Å². The summed E-state index contributed by atoms with van der Waals surface area (Å²) in [4.78, 5) is 23.4. The predicted octanol–water partition coefficient (Wildman–Crippen LogP) is 1.26. The first-order chi connectivity index (χ1) is 11.8. The number of carbonyl (C=O) groups is 2. The van der Waals surface area contributed by atoms with E-state index in [-0.39, 0.29) is 51.2 Å². The molecule has 0 aliphatic carbocycles. The van der Waals surface area contributed by atoms with Gasteiger partial charge in [-0.05, 0) is 18.6 Å². The van der Waals surface area contributed by atoms with Gasteiger partial charge >= 0.3 is 5.97 Å². The largest absolute Gasteiger partial charge is 0.493 e. The number of nitrogens with one attached hydrogen (secondary N) is 1. The zero-order valence-corrected chi connectivity index (χ0v) is 15.4. The Morgan fingerprint density at radius 1 is 1.32 bits per heavy atom. The number of ether oxygens (including phenoxy) is 2. The van der Waals surface area contributed by atoms with Crippen LogP contribution in [0.15, 0.2) is 12.1 Å². The molecule has 1 aromatic carbocycles. The minimum atomic E-state index is -2.99. The van der Waals surface area contributed by atoms with Crippen LogP contribution in [-0.2, 0) is 14.6 Å². The Labute approximate surface area is 149 Å². The zero-order valence-electron chi connectivity index (χ0n) is 13.8. The van der Waals surface area contributed by atoms with Crippen LogP contribution >= 0.6 is 11.8 Å². The molecular formula is C15H19NO7S2. The molecule has 0 bridgehead atoms. The average molecular weight is 389 g/mol. The van der Waals surface area contributed by atoms with Crippen molar-refractivity contribution in [3.05, 3.63) is 17.7 Å². The third-order valence-electron chi connectivity index (χ3n) is 3.64. The van der Waals surface area contributed by atoms with E-state index in [1.54, 1.807) is 0 Å². The van der Waals surface area contributed by atoms with Gasteiger partial charge in [0.05, 0.1) is 42.7 Å². The van der Waals surface area contributed by atoms with Gasteiger partial charge in [-0.2, -0.15) is 0 Å². The molecule has 1 saturated heterocycles. The number of aromatic carboxylic acids is 1. The lowest BCUT2D eigenvalue weighted by atomic mass is 10.1. The Morgan fingerprint density at radius 2 is 2.04 bits per heavy atom. The molecule has 1 fully saturated rings. The monoisotopic (exact) mass is 389 g/mol. The molecule has 0 saturated carbocycles. The molecule has 1 aliphatic heterocycles. The fraction of sp³-hybridized carbons (Fsp3) is 0.467. The molecule has 2 rings (SSSR count). The van der Waals surface area contributed by atoms with E-state index in [9.17, 15) is 18.0 Å². The molecule has 1 unspecified atom stereocenters. The minimum Gasteiger partial charge on any atom is -0.493 e. The van der Waals surface area contributed by atoms with Crippen molar-refractivity contribution in [3.63, 3.8) is 0 Å². The number of amides is 1. The third-order valence-corrected chi connectivity index (χ3v) is 6.92. The maximum absolute atomic E-state index is 12.2. The summed E-state index contributed by atoms with van der Waals surface area (Å²) in [5.41, 5.74) is 0.131. The van der Waals surface area contributed by atoms with Crippen LogP contribution in [0.1, 0.15) is 16.8 Å². The topological polar surface area (TPSA) is 119 Å². The first kappa shape index (κ1) is 19.4. The molecule has 1 aromatic rings. The Kier molecular flexibility index (Phi) is 6.17. The van der Waals surface area contributed by atoms with Crippen LogP contribution in [0.25, 0.3) is 0 Å². The van der Waals surface area contributed by atoms with E-state index < -0.39 is 15.8 Å². The lowest BCUT2D eigenvalue weighted by Crippen LogP contribution is -2.18. The van der Waals surface area contributed by atoms with Gasteiger partial charge in [0.1, 0.15) is 0 Å². The number of hydrogen-bond acceptors (Lipinski definition) is 7. The van der Waals surface area contributed by atoms with Gasteiger partial charge in [-0.1, -0.05) is 0 Å². The highest BCUT2D eigenvalue weighted by Gasteiger charge is 2.28. The van der Waals surface area contributed by atoms with Crippen molar-refractivity contribution in [1.82, 2.24) is 0 Å². The van der Waals surface area contributed by atoms with E-state index in [0.717, 1.165) is 0 Å². The van der Waals surface area contributed by atoms with Crippen molar-refractivity contribution < 1.29 is 32.6 Å². The van der Waals surface area contributed by atoms with Gasteiger partial charge in [0.2, 0.25) is 5.91 Å². The molecule has 0 radical (unpaired) electrons. The van der Waals surface area contributed by atoms with Gasteiger partial charge in [0.25, 0.3) is 0 Å². The van der Waals surface area contributed by atoms with Crippen LogP contribution in [0, 0.1) is 0 Å². The fourth-order valence-corrected chi connectivity index (χ4v) is 5.90. The van der Waals surface area contributed by atoms with E-state index in [4.69, 9.17) is 14.6 Å². The van der Waals surface area contributed by atoms with E-state index in [1.807, 2.05) is 0 Å². The molecule has 25 heavy (non-hydrogen) atoms. The summed E-state index contributed by atoms with van der Waals surface area (Å²) >= 11 is 1.27. The van der Waals surface area contributed by atoms with Crippen molar-refractivity contribution in [2.45, 2.75) is 11.7 Å². The first-order valence-corrected chi connectivity index (χ1v) is 10.2. The number of rotatable bonds is 7. The summed E-state index contributed by atoms with van der Waals surface area (Å²) in [7, 11) is -0.244. The van der Waals surface area contributed by atoms with Crippen LogP contribution in [-0.4, -0.2) is 62.1 Å². The zero-order chi connectivity index (χ0) is 18.6. The molecule has 138 valence electrons. The molecule has 8 nitrogen and oxygen atoms in total. The summed E-state index contributed by atoms with van der Waals surface area (Å²) in [6.45, 7) is 0. The SMILES string of the molecule is COc1cc(C(=O)O)cc(NC(=O)CSC2CCS(=O)(=O)C2)c1OC. The number of thioether (sulfide) groups is 1. The Morgan fingerprint density at radius 3 is 2.56 bits per heavy atom. The van der Waals surface area contributed by atoms with Gasteiger partial charge in [0.15, 0.2) is 21.3 Å². The second kappa shape index (κ2) is 7.96. The smallest absolute Gasteiger partial charge is 0.335 e. The third kappa shape index (κ3) is 5.02. The molecule has 0 aromatic heterocycles. The number of carboxylic acids is 1. The van der Waals surface area contributed by atoms with Gasteiger partial charge in [-0.15, -0.1) is 11.8 Å². The van der Waals surface area contributed by atoms with Crippen LogP contribution < -0.4 is 14.8 Å². The lowest BCUT2D eigenvalue weighted by molar-refractivity contribution is -0.113. The average Bonchev–Trinajstić information content (AvgIpc) is 2.91. The number of carbonyl (C=O) groups excluding carboxylic acids is 1. The van der Waals surface area contributed by atoms with Crippen molar-refractivity contribution >= 4 is 39.2 Å². The molecule has 1 heterocycles. The van der Waals surface area contributed by atoms with Crippen molar-refractivity contribution in [2.75, 3.05) is 36.8 Å². The van der Waals surface area contributed by atoms with Crippen LogP contribution in [0.4, 0.5) is 5.69 Å². The number of hydrogen-bond donors (Lipinski definition) is 2. The van der Waals surface area contributed by atoms with E-state index >= 15 is 0 Å². The predicted molar refractivity (Wildman–Crippen MR) is 94.7 cm³/mol. The molecule has 0 spiro atoms. The number of benzene rings is 1. The molecule has 1 atom stereocenters. The van der Waals surface area contributed by atoms with Gasteiger partial charge in [-0.3, -0.25) is 4.79 Å². The van der Waals surface area contributed by atoms with Crippen LogP contribution in [0.5, 0.6) is 11.5 Å². The molecular weight excluding hydrogens is 370 g/mol. The number of anilines is 1. The highest BCUT2D eigenvalue weighted by atomic mass is 32.2. The summed E-state index contributed by atoms with van der Waals surface area (Å²) in [5, 5.41) is 11.7. The Balaban J connectivity index is 2.08. The van der Waals surface area contributed by atoms with Gasteiger partial charge in [-0.25, -0.2) is 13.2 Å². The highest BCUT2D eigenvalue weighted by Crippen LogP contribution is 2.37. The minimum absolute atomic E-state index is 0.0533. The van der Waals surface area contributed by atoms with E-state index in [2.05, 4.69) is 5.32 Å². The fourth-order valence-electron chi connectivity index (χ4n) is 2.45. The lowest BCUT2D eigenvalue weighted by Gasteiger charge is -2.15. The summed E-state index contributed by atoms with van der Waals surface area (Å²) in [6.07, 6.45) is 0.534. The summed E-state index contributed by atoms with van der Waals surface area (Å²) in [5.74, 6) is -0.849. The summed E-state index contributed by atoms with van der Waals surface area (Å²) < 4.78 is 33.2. The number of sulfone groups is 1. The van der Waals surface area contributed by atoms with Crippen LogP contribution in [0.3, 0.4) is 0 Å². The molecule has 1 aliphatic rings. The normalized spacial score (nSPS) is 18.6. The van der Waals surface area contributed by atoms with Gasteiger partial charge < -0.3 is 19.9 Å². The number of methoxy groups -OCH3 is 2. The molecule has 2 N–H and O–H groups in total. The second-order valence-corrected chi connectivity index (χ2v) is 8.97. The Bertz CT molecular complexity index is 776. The quantitative estimate of drug-likeness (QED) is 0.715. The maximum atomic E-state index is 12.2.